The fourth-order valence-corrected chi connectivity index (χ4v) is 3.13. The summed E-state index contributed by atoms with van der Waals surface area (Å²) in [6.07, 6.45) is 0.566. The van der Waals surface area contributed by atoms with Crippen LogP contribution in [0.4, 0.5) is 0 Å². The molecule has 3 unspecified atom stereocenters. The summed E-state index contributed by atoms with van der Waals surface area (Å²) in [4.78, 5) is 4.77. The third kappa shape index (κ3) is 3.15. The minimum atomic E-state index is 0.235. The van der Waals surface area contributed by atoms with Gasteiger partial charge in [0.1, 0.15) is 0 Å². The molecule has 1 aromatic rings. The molecule has 3 nitrogen and oxygen atoms in total. The van der Waals surface area contributed by atoms with Gasteiger partial charge in [-0.25, -0.2) is 0 Å². The molecule has 3 atom stereocenters. The molecule has 0 N–H and O–H groups in total. The maximum atomic E-state index is 9.11. The van der Waals surface area contributed by atoms with Crippen molar-refractivity contribution >= 4 is 0 Å². The molecule has 0 bridgehead atoms. The van der Waals surface area contributed by atoms with Crippen molar-refractivity contribution in [1.29, 1.82) is 5.26 Å². The molecule has 1 saturated heterocycles. The quantitative estimate of drug-likeness (QED) is 0.830. The topological polar surface area (TPSA) is 30.3 Å². The van der Waals surface area contributed by atoms with Gasteiger partial charge in [-0.2, -0.15) is 5.26 Å². The number of likely N-dealkylation sites (N-methyl/N-ethyl adjacent to an activating group) is 1. The number of nitriles is 1. The molecule has 2 rings (SSSR count). The van der Waals surface area contributed by atoms with Crippen LogP contribution in [0.2, 0.25) is 0 Å². The highest BCUT2D eigenvalue weighted by molar-refractivity contribution is 5.20. The Morgan fingerprint density at radius 3 is 2.53 bits per heavy atom. The number of hydrogen-bond acceptors (Lipinski definition) is 3. The van der Waals surface area contributed by atoms with Crippen LogP contribution in [0, 0.1) is 17.2 Å². The molecule has 0 aliphatic carbocycles. The lowest BCUT2D eigenvalue weighted by Crippen LogP contribution is -2.35. The number of rotatable bonds is 4. The lowest BCUT2D eigenvalue weighted by Gasteiger charge is -2.27. The van der Waals surface area contributed by atoms with Crippen molar-refractivity contribution in [2.75, 3.05) is 27.2 Å². The second kappa shape index (κ2) is 6.18. The Kier molecular flexibility index (Phi) is 4.57. The van der Waals surface area contributed by atoms with Crippen molar-refractivity contribution in [2.24, 2.45) is 5.92 Å². The molecule has 0 saturated carbocycles. The molecule has 1 heterocycles. The lowest BCUT2D eigenvalue weighted by molar-refractivity contribution is 0.218. The third-order valence-electron chi connectivity index (χ3n) is 4.17. The summed E-state index contributed by atoms with van der Waals surface area (Å²) in [5.74, 6) is 0.653. The van der Waals surface area contributed by atoms with E-state index in [1.165, 1.54) is 5.56 Å². The summed E-state index contributed by atoms with van der Waals surface area (Å²) in [7, 11) is 4.29. The van der Waals surface area contributed by atoms with E-state index >= 15 is 0 Å². The molecular weight excluding hydrogens is 234 g/mol. The average Bonchev–Trinajstić information content (AvgIpc) is 2.79. The van der Waals surface area contributed by atoms with Crippen LogP contribution in [-0.2, 0) is 0 Å². The summed E-state index contributed by atoms with van der Waals surface area (Å²) in [6.45, 7) is 4.43. The van der Waals surface area contributed by atoms with Crippen molar-refractivity contribution < 1.29 is 0 Å². The SMILES string of the molecule is CC1CN(C(CC#N)c2ccccc2)CC1N(C)C. The van der Waals surface area contributed by atoms with Gasteiger partial charge in [0.2, 0.25) is 0 Å². The maximum absolute atomic E-state index is 9.11. The Balaban J connectivity index is 2.16. The van der Waals surface area contributed by atoms with Crippen LogP contribution in [0.25, 0.3) is 0 Å². The van der Waals surface area contributed by atoms with Crippen molar-refractivity contribution in [3.05, 3.63) is 35.9 Å². The molecule has 0 spiro atoms. The summed E-state index contributed by atoms with van der Waals surface area (Å²) >= 11 is 0. The lowest BCUT2D eigenvalue weighted by atomic mass is 10.0. The van der Waals surface area contributed by atoms with Gasteiger partial charge in [-0.3, -0.25) is 4.90 Å². The van der Waals surface area contributed by atoms with Gasteiger partial charge >= 0.3 is 0 Å². The van der Waals surface area contributed by atoms with Gasteiger partial charge in [-0.1, -0.05) is 37.3 Å². The van der Waals surface area contributed by atoms with Gasteiger partial charge < -0.3 is 4.90 Å². The van der Waals surface area contributed by atoms with Crippen LogP contribution < -0.4 is 0 Å². The van der Waals surface area contributed by atoms with Gasteiger partial charge in [-0.15, -0.1) is 0 Å². The van der Waals surface area contributed by atoms with Gasteiger partial charge in [0.15, 0.2) is 0 Å². The summed E-state index contributed by atoms with van der Waals surface area (Å²) in [5, 5.41) is 9.11. The Labute approximate surface area is 116 Å². The van der Waals surface area contributed by atoms with Crippen LogP contribution in [0.15, 0.2) is 30.3 Å². The van der Waals surface area contributed by atoms with E-state index in [1.54, 1.807) is 0 Å². The van der Waals surface area contributed by atoms with Gasteiger partial charge in [0.05, 0.1) is 12.5 Å². The highest BCUT2D eigenvalue weighted by Crippen LogP contribution is 2.31. The highest BCUT2D eigenvalue weighted by atomic mass is 15.3. The van der Waals surface area contributed by atoms with E-state index in [-0.39, 0.29) is 6.04 Å². The molecule has 1 aliphatic rings. The fraction of sp³-hybridized carbons (Fsp3) is 0.562. The predicted molar refractivity (Wildman–Crippen MR) is 77.6 cm³/mol. The smallest absolute Gasteiger partial charge is 0.0641 e. The van der Waals surface area contributed by atoms with Gasteiger partial charge in [-0.05, 0) is 25.6 Å². The van der Waals surface area contributed by atoms with E-state index in [0.29, 0.717) is 18.4 Å². The minimum Gasteiger partial charge on any atom is -0.305 e. The molecule has 0 amide bonds. The fourth-order valence-electron chi connectivity index (χ4n) is 3.13. The molecule has 0 radical (unpaired) electrons. The number of hydrogen-bond donors (Lipinski definition) is 0. The number of benzene rings is 1. The van der Waals surface area contributed by atoms with Gasteiger partial charge in [0.25, 0.3) is 0 Å². The summed E-state index contributed by atoms with van der Waals surface area (Å²) in [5.41, 5.74) is 1.26. The zero-order chi connectivity index (χ0) is 13.8. The molecule has 0 aromatic heterocycles. The first-order valence-corrected chi connectivity index (χ1v) is 6.96. The zero-order valence-electron chi connectivity index (χ0n) is 12.1. The Morgan fingerprint density at radius 2 is 2.00 bits per heavy atom. The van der Waals surface area contributed by atoms with E-state index < -0.39 is 0 Å². The molecule has 1 aromatic carbocycles. The first kappa shape index (κ1) is 14.0. The molecule has 19 heavy (non-hydrogen) atoms. The van der Waals surface area contributed by atoms with Crippen molar-refractivity contribution in [2.45, 2.75) is 25.4 Å². The molecule has 1 fully saturated rings. The molecule has 102 valence electrons. The number of nitrogens with zero attached hydrogens (tertiary/aromatic N) is 3. The normalized spacial score (nSPS) is 25.4. The highest BCUT2D eigenvalue weighted by Gasteiger charge is 2.35. The predicted octanol–water partition coefficient (Wildman–Crippen LogP) is 2.52. The Morgan fingerprint density at radius 1 is 1.32 bits per heavy atom. The van der Waals surface area contributed by atoms with E-state index in [1.807, 2.05) is 6.07 Å². The van der Waals surface area contributed by atoms with Crippen LogP contribution in [-0.4, -0.2) is 43.0 Å². The van der Waals surface area contributed by atoms with Crippen molar-refractivity contribution in [1.82, 2.24) is 9.80 Å². The molecular formula is C16H23N3. The Hall–Kier alpha value is -1.37. The average molecular weight is 257 g/mol. The largest absolute Gasteiger partial charge is 0.305 e. The molecule has 3 heteroatoms. The van der Waals surface area contributed by atoms with E-state index in [2.05, 4.69) is 61.2 Å². The zero-order valence-corrected chi connectivity index (χ0v) is 12.1. The van der Waals surface area contributed by atoms with Crippen molar-refractivity contribution in [3.63, 3.8) is 0 Å². The Bertz CT molecular complexity index is 435. The van der Waals surface area contributed by atoms with E-state index in [9.17, 15) is 0 Å². The second-order valence-electron chi connectivity index (χ2n) is 5.75. The van der Waals surface area contributed by atoms with Crippen LogP contribution >= 0.6 is 0 Å². The van der Waals surface area contributed by atoms with E-state index in [4.69, 9.17) is 5.26 Å². The maximum Gasteiger partial charge on any atom is 0.0641 e. The standard InChI is InChI=1S/C16H23N3/c1-13-11-19(12-16(13)18(2)3)15(9-10-17)14-7-5-4-6-8-14/h4-8,13,15-16H,9,11-12H2,1-3H3. The first-order chi connectivity index (χ1) is 9.13. The second-order valence-corrected chi connectivity index (χ2v) is 5.75. The van der Waals surface area contributed by atoms with Gasteiger partial charge in [0, 0.05) is 25.2 Å². The van der Waals surface area contributed by atoms with Crippen LogP contribution in [0.5, 0.6) is 0 Å². The van der Waals surface area contributed by atoms with E-state index in [0.717, 1.165) is 13.1 Å². The van der Waals surface area contributed by atoms with Crippen LogP contribution in [0.1, 0.15) is 24.9 Å². The summed E-state index contributed by atoms with van der Waals surface area (Å²) < 4.78 is 0. The van der Waals surface area contributed by atoms with Crippen molar-refractivity contribution in [3.8, 4) is 6.07 Å². The third-order valence-corrected chi connectivity index (χ3v) is 4.17. The number of likely N-dealkylation sites (tertiary alicyclic amines) is 1. The molecule has 1 aliphatic heterocycles. The first-order valence-electron chi connectivity index (χ1n) is 6.96. The summed E-state index contributed by atoms with van der Waals surface area (Å²) in [6, 6.07) is 13.6. The minimum absolute atomic E-state index is 0.235. The monoisotopic (exact) mass is 257 g/mol. The van der Waals surface area contributed by atoms with Crippen LogP contribution in [0.3, 0.4) is 0 Å².